The molecule has 0 bridgehead atoms. The molecule has 7 nitrogen and oxygen atoms in total. The number of carbonyl (C=O) groups is 2. The van der Waals surface area contributed by atoms with E-state index in [0.717, 1.165) is 15.4 Å². The van der Waals surface area contributed by atoms with Gasteiger partial charge in [0, 0.05) is 24.5 Å². The molecule has 0 heterocycles. The van der Waals surface area contributed by atoms with Gasteiger partial charge in [0.1, 0.15) is 12.6 Å². The molecule has 0 aliphatic heterocycles. The first-order valence-corrected chi connectivity index (χ1v) is 15.6. The van der Waals surface area contributed by atoms with Crippen LogP contribution in [0.3, 0.4) is 0 Å². The maximum Gasteiger partial charge on any atom is 0.264 e. The van der Waals surface area contributed by atoms with Crippen LogP contribution in [0.15, 0.2) is 114 Å². The standard InChI is InChI=1S/C32H31Cl2N3O4S/c1-2-35-32(39)30(20-24-12-6-3-7-13-24)36(22-25-14-8-4-9-15-25)31(38)23-37(29-21-26(33)18-19-28(29)34)42(40,41)27-16-10-5-11-17-27/h3-19,21,30H,2,20,22-23H2,1H3,(H,35,39)/t30-/m0/s1. The lowest BCUT2D eigenvalue weighted by Gasteiger charge is -2.34. The summed E-state index contributed by atoms with van der Waals surface area (Å²) in [6, 6.07) is 29.9. The van der Waals surface area contributed by atoms with Gasteiger partial charge in [-0.2, -0.15) is 0 Å². The number of likely N-dealkylation sites (N-methyl/N-ethyl adjacent to an activating group) is 1. The maximum absolute atomic E-state index is 14.3. The number of benzene rings is 4. The molecule has 4 aromatic rings. The third-order valence-corrected chi connectivity index (χ3v) is 8.93. The highest BCUT2D eigenvalue weighted by Gasteiger charge is 2.35. The molecule has 0 saturated heterocycles. The predicted octanol–water partition coefficient (Wildman–Crippen LogP) is 5.96. The third kappa shape index (κ3) is 7.70. The van der Waals surface area contributed by atoms with E-state index in [1.165, 1.54) is 35.2 Å². The Morgan fingerprint density at radius 1 is 0.810 bits per heavy atom. The molecule has 0 saturated carbocycles. The summed E-state index contributed by atoms with van der Waals surface area (Å²) in [7, 11) is -4.27. The van der Waals surface area contributed by atoms with Crippen molar-refractivity contribution in [2.45, 2.75) is 30.8 Å². The van der Waals surface area contributed by atoms with Crippen LogP contribution in [0.25, 0.3) is 0 Å². The molecule has 1 N–H and O–H groups in total. The third-order valence-electron chi connectivity index (χ3n) is 6.60. The Bertz CT molecular complexity index is 1610. The van der Waals surface area contributed by atoms with Gasteiger partial charge in [0.15, 0.2) is 0 Å². The summed E-state index contributed by atoms with van der Waals surface area (Å²) in [5.74, 6) is -0.925. The number of anilines is 1. The van der Waals surface area contributed by atoms with Crippen molar-refractivity contribution in [1.29, 1.82) is 0 Å². The van der Waals surface area contributed by atoms with Crippen LogP contribution in [0.5, 0.6) is 0 Å². The number of nitrogens with one attached hydrogen (secondary N) is 1. The number of sulfonamides is 1. The SMILES string of the molecule is CCNC(=O)[C@H](Cc1ccccc1)N(Cc1ccccc1)C(=O)CN(c1cc(Cl)ccc1Cl)S(=O)(=O)c1ccccc1. The lowest BCUT2D eigenvalue weighted by atomic mass is 10.0. The molecule has 10 heteroatoms. The average Bonchev–Trinajstić information content (AvgIpc) is 3.00. The van der Waals surface area contributed by atoms with Gasteiger partial charge >= 0.3 is 0 Å². The van der Waals surface area contributed by atoms with Gasteiger partial charge in [0.2, 0.25) is 11.8 Å². The minimum atomic E-state index is -4.27. The van der Waals surface area contributed by atoms with Crippen LogP contribution in [0.2, 0.25) is 10.0 Å². The van der Waals surface area contributed by atoms with Crippen LogP contribution in [-0.2, 0) is 32.6 Å². The molecule has 4 rings (SSSR count). The monoisotopic (exact) mass is 623 g/mol. The van der Waals surface area contributed by atoms with E-state index in [9.17, 15) is 18.0 Å². The predicted molar refractivity (Wildman–Crippen MR) is 167 cm³/mol. The normalized spacial score (nSPS) is 11.9. The highest BCUT2D eigenvalue weighted by molar-refractivity contribution is 7.92. The van der Waals surface area contributed by atoms with Crippen LogP contribution in [0.1, 0.15) is 18.1 Å². The Balaban J connectivity index is 1.81. The Morgan fingerprint density at radius 2 is 1.38 bits per heavy atom. The van der Waals surface area contributed by atoms with E-state index >= 15 is 0 Å². The second-order valence-electron chi connectivity index (χ2n) is 9.53. The zero-order valence-corrected chi connectivity index (χ0v) is 25.3. The zero-order chi connectivity index (χ0) is 30.1. The molecule has 218 valence electrons. The highest BCUT2D eigenvalue weighted by Crippen LogP contribution is 2.33. The minimum Gasteiger partial charge on any atom is -0.355 e. The molecular weight excluding hydrogens is 593 g/mol. The topological polar surface area (TPSA) is 86.8 Å². The molecule has 1 atom stereocenters. The molecule has 4 aromatic carbocycles. The van der Waals surface area contributed by atoms with Crippen molar-refractivity contribution in [2.75, 3.05) is 17.4 Å². The van der Waals surface area contributed by atoms with Crippen molar-refractivity contribution in [1.82, 2.24) is 10.2 Å². The number of hydrogen-bond acceptors (Lipinski definition) is 4. The molecule has 0 aliphatic rings. The first-order chi connectivity index (χ1) is 20.2. The van der Waals surface area contributed by atoms with Crippen LogP contribution >= 0.6 is 23.2 Å². The number of nitrogens with zero attached hydrogens (tertiary/aromatic N) is 2. The number of hydrogen-bond donors (Lipinski definition) is 1. The van der Waals surface area contributed by atoms with Gasteiger partial charge in [-0.15, -0.1) is 0 Å². The maximum atomic E-state index is 14.3. The number of rotatable bonds is 12. The second-order valence-corrected chi connectivity index (χ2v) is 12.2. The second kappa shape index (κ2) is 14.4. The average molecular weight is 625 g/mol. The number of amides is 2. The van der Waals surface area contributed by atoms with Gasteiger partial charge in [0.05, 0.1) is 15.6 Å². The first-order valence-electron chi connectivity index (χ1n) is 13.4. The molecule has 0 spiro atoms. The van der Waals surface area contributed by atoms with Crippen LogP contribution in [-0.4, -0.2) is 44.3 Å². The molecule has 2 amide bonds. The van der Waals surface area contributed by atoms with Crippen molar-refractivity contribution in [2.24, 2.45) is 0 Å². The molecule has 0 aromatic heterocycles. The summed E-state index contributed by atoms with van der Waals surface area (Å²) < 4.78 is 28.9. The summed E-state index contributed by atoms with van der Waals surface area (Å²) in [5, 5.41) is 3.19. The van der Waals surface area contributed by atoms with Gasteiger partial charge in [-0.05, 0) is 48.4 Å². The van der Waals surface area contributed by atoms with Crippen molar-refractivity contribution >= 4 is 50.7 Å². The van der Waals surface area contributed by atoms with E-state index in [1.54, 1.807) is 25.1 Å². The van der Waals surface area contributed by atoms with Crippen molar-refractivity contribution in [3.63, 3.8) is 0 Å². The quantitative estimate of drug-likeness (QED) is 0.211. The van der Waals surface area contributed by atoms with Gasteiger partial charge < -0.3 is 10.2 Å². The molecule has 0 aliphatic carbocycles. The molecule has 0 unspecified atom stereocenters. The highest BCUT2D eigenvalue weighted by atomic mass is 35.5. The van der Waals surface area contributed by atoms with E-state index in [-0.39, 0.29) is 39.5 Å². The summed E-state index contributed by atoms with van der Waals surface area (Å²) in [4.78, 5) is 29.2. The van der Waals surface area contributed by atoms with E-state index in [0.29, 0.717) is 6.54 Å². The minimum absolute atomic E-state index is 0.0204. The van der Waals surface area contributed by atoms with Crippen molar-refractivity contribution in [3.8, 4) is 0 Å². The lowest BCUT2D eigenvalue weighted by Crippen LogP contribution is -2.53. The lowest BCUT2D eigenvalue weighted by molar-refractivity contribution is -0.140. The van der Waals surface area contributed by atoms with E-state index in [2.05, 4.69) is 5.32 Å². The fourth-order valence-corrected chi connectivity index (χ4v) is 6.42. The van der Waals surface area contributed by atoms with Crippen LogP contribution < -0.4 is 9.62 Å². The smallest absolute Gasteiger partial charge is 0.264 e. The Labute approximate surface area is 256 Å². The first kappa shape index (κ1) is 31.1. The molecule has 42 heavy (non-hydrogen) atoms. The Morgan fingerprint density at radius 3 is 1.98 bits per heavy atom. The van der Waals surface area contributed by atoms with E-state index in [1.807, 2.05) is 60.7 Å². The van der Waals surface area contributed by atoms with Gasteiger partial charge in [-0.3, -0.25) is 13.9 Å². The van der Waals surface area contributed by atoms with Crippen molar-refractivity contribution < 1.29 is 18.0 Å². The Hall–Kier alpha value is -3.85. The van der Waals surface area contributed by atoms with Crippen LogP contribution in [0.4, 0.5) is 5.69 Å². The zero-order valence-electron chi connectivity index (χ0n) is 23.0. The largest absolute Gasteiger partial charge is 0.355 e. The fourth-order valence-electron chi connectivity index (χ4n) is 4.54. The fraction of sp³-hybridized carbons (Fsp3) is 0.188. The summed E-state index contributed by atoms with van der Waals surface area (Å²) in [6.07, 6.45) is 0.231. The van der Waals surface area contributed by atoms with Crippen LogP contribution in [0, 0.1) is 0 Å². The molecular formula is C32H31Cl2N3O4S. The van der Waals surface area contributed by atoms with Gasteiger partial charge in [0.25, 0.3) is 10.0 Å². The van der Waals surface area contributed by atoms with E-state index in [4.69, 9.17) is 23.2 Å². The van der Waals surface area contributed by atoms with Gasteiger partial charge in [-0.25, -0.2) is 8.42 Å². The molecule has 0 fully saturated rings. The number of halogens is 2. The summed E-state index contributed by atoms with van der Waals surface area (Å²) >= 11 is 12.7. The van der Waals surface area contributed by atoms with Crippen molar-refractivity contribution in [3.05, 3.63) is 130 Å². The summed E-state index contributed by atoms with van der Waals surface area (Å²) in [6.45, 7) is 1.63. The Kier molecular flexibility index (Phi) is 10.6. The van der Waals surface area contributed by atoms with Gasteiger partial charge in [-0.1, -0.05) is 102 Å². The number of carbonyl (C=O) groups excluding carboxylic acids is 2. The van der Waals surface area contributed by atoms with E-state index < -0.39 is 28.5 Å². The summed E-state index contributed by atoms with van der Waals surface area (Å²) in [5.41, 5.74) is 1.69. The molecule has 0 radical (unpaired) electrons.